The van der Waals surface area contributed by atoms with Crippen molar-refractivity contribution in [3.05, 3.63) is 212 Å². The molecule has 0 saturated carbocycles. The van der Waals surface area contributed by atoms with E-state index in [0.717, 1.165) is 105 Å². The average molecular weight is 1210 g/mol. The molecule has 6 fully saturated rings. The Morgan fingerprint density at radius 2 is 0.951 bits per heavy atom. The maximum Gasteiger partial charge on any atom is 0.410 e. The topological polar surface area (TPSA) is 107 Å². The molecule has 1 amide bonds. The fraction of sp³-hybridized carbons (Fsp3) is 0.387. The third-order valence-corrected chi connectivity index (χ3v) is 16.5. The minimum absolute atomic E-state index is 0.00694. The maximum atomic E-state index is 14.7. The lowest BCUT2D eigenvalue weighted by atomic mass is 9.86. The highest BCUT2D eigenvalue weighted by Crippen LogP contribution is 2.39. The summed E-state index contributed by atoms with van der Waals surface area (Å²) in [5, 5.41) is 15.9. The van der Waals surface area contributed by atoms with Gasteiger partial charge in [-0.05, 0) is 169 Å². The number of alkyl halides is 3. The smallest absolute Gasteiger partial charge is 0.410 e. The predicted molar refractivity (Wildman–Crippen MR) is 305 cm³/mol. The highest BCUT2D eigenvalue weighted by Gasteiger charge is 2.41. The number of benzene rings is 6. The number of halogens is 10. The van der Waals surface area contributed by atoms with Crippen molar-refractivity contribution in [1.29, 1.82) is 0 Å². The number of aliphatic hydroxyl groups is 1. The summed E-state index contributed by atoms with van der Waals surface area (Å²) < 4.78 is 89.6. The van der Waals surface area contributed by atoms with E-state index in [1.807, 2.05) is 60.7 Å². The molecule has 5 atom stereocenters. The molecule has 3 N–H and O–H groups in total. The van der Waals surface area contributed by atoms with Gasteiger partial charge in [-0.2, -0.15) is 0 Å². The van der Waals surface area contributed by atoms with E-state index in [9.17, 15) is 41.0 Å². The zero-order valence-electron chi connectivity index (χ0n) is 44.7. The van der Waals surface area contributed by atoms with E-state index in [1.54, 1.807) is 4.90 Å². The van der Waals surface area contributed by atoms with Gasteiger partial charge >= 0.3 is 15.5 Å². The van der Waals surface area contributed by atoms with Crippen LogP contribution in [0, 0.1) is 46.7 Å². The van der Waals surface area contributed by atoms with Crippen molar-refractivity contribution in [1.82, 2.24) is 25.3 Å². The Morgan fingerprint density at radius 3 is 1.33 bits per heavy atom. The Hall–Kier alpha value is -5.40. The van der Waals surface area contributed by atoms with Crippen LogP contribution >= 0.6 is 46.4 Å². The van der Waals surface area contributed by atoms with Crippen LogP contribution in [0.15, 0.2) is 127 Å². The average Bonchev–Trinajstić information content (AvgIpc) is 3.57. The van der Waals surface area contributed by atoms with Gasteiger partial charge in [0.15, 0.2) is 0 Å². The lowest BCUT2D eigenvalue weighted by Crippen LogP contribution is -2.53. The fourth-order valence-corrected chi connectivity index (χ4v) is 12.6. The van der Waals surface area contributed by atoms with Crippen molar-refractivity contribution in [2.24, 2.45) is 11.8 Å². The quantitative estimate of drug-likeness (QED) is 0.0904. The van der Waals surface area contributed by atoms with Crippen molar-refractivity contribution in [2.45, 2.75) is 79.3 Å². The van der Waals surface area contributed by atoms with Crippen LogP contribution in [0.2, 0.25) is 0 Å². The molecule has 20 heteroatoms. The molecule has 436 valence electrons. The highest BCUT2D eigenvalue weighted by atomic mass is 35.6. The molecule has 0 radical (unpaired) electrons. The number of nitrogens with one attached hydrogen (secondary N) is 2. The summed E-state index contributed by atoms with van der Waals surface area (Å²) in [7, 11) is 0. The fourth-order valence-electron chi connectivity index (χ4n) is 12.1. The zero-order chi connectivity index (χ0) is 58.1. The van der Waals surface area contributed by atoms with Gasteiger partial charge in [-0.25, -0.2) is 35.9 Å². The minimum Gasteiger partial charge on any atom is -0.444 e. The van der Waals surface area contributed by atoms with Crippen molar-refractivity contribution in [2.75, 3.05) is 58.9 Å². The molecule has 15 rings (SSSR count). The molecular weight excluding hydrogens is 1150 g/mol. The lowest BCUT2D eigenvalue weighted by Gasteiger charge is -2.45. The maximum absolute atomic E-state index is 14.7. The second kappa shape index (κ2) is 28.0. The number of ether oxygens (including phenoxy) is 2. The molecule has 6 aromatic rings. The largest absolute Gasteiger partial charge is 0.444 e. The summed E-state index contributed by atoms with van der Waals surface area (Å²) in [6.07, 6.45) is 6.59. The van der Waals surface area contributed by atoms with Crippen LogP contribution in [0.1, 0.15) is 93.9 Å². The number of hydrogen-bond acceptors (Lipinski definition) is 9. The van der Waals surface area contributed by atoms with Crippen LogP contribution in [-0.4, -0.2) is 106 Å². The van der Waals surface area contributed by atoms with Crippen LogP contribution in [0.4, 0.5) is 35.9 Å². The van der Waals surface area contributed by atoms with E-state index in [-0.39, 0.29) is 24.3 Å². The normalized spacial score (nSPS) is 24.6. The van der Waals surface area contributed by atoms with Gasteiger partial charge in [0.2, 0.25) is 0 Å². The molecule has 9 heterocycles. The second-order valence-corrected chi connectivity index (χ2v) is 23.8. The first-order chi connectivity index (χ1) is 39.4. The van der Waals surface area contributed by atoms with E-state index >= 15 is 0 Å². The number of amides is 1. The number of carbonyl (C=O) groups excluding carboxylic acids is 2. The number of hydrogen-bond donors (Lipinski definition) is 3. The van der Waals surface area contributed by atoms with Gasteiger partial charge in [-0.1, -0.05) is 91.0 Å². The van der Waals surface area contributed by atoms with Gasteiger partial charge in [0.05, 0.1) is 24.2 Å². The molecular formula is C62H63Cl4F6N5O5. The monoisotopic (exact) mass is 1210 g/mol. The molecule has 6 saturated heterocycles. The third-order valence-electron chi connectivity index (χ3n) is 16.2. The van der Waals surface area contributed by atoms with E-state index in [2.05, 4.69) is 48.9 Å². The Balaban J connectivity index is 0.000000133. The molecule has 82 heavy (non-hydrogen) atoms. The van der Waals surface area contributed by atoms with Gasteiger partial charge in [0.25, 0.3) is 0 Å². The van der Waals surface area contributed by atoms with Crippen molar-refractivity contribution < 1.29 is 50.5 Å². The molecule has 4 bridgehead atoms. The van der Waals surface area contributed by atoms with Gasteiger partial charge < -0.3 is 30.1 Å². The third kappa shape index (κ3) is 15.7. The predicted octanol–water partition coefficient (Wildman–Crippen LogP) is 13.3. The number of aliphatic hydroxyl groups excluding tert-OH is 1. The van der Waals surface area contributed by atoms with Crippen LogP contribution in [0.25, 0.3) is 0 Å². The summed E-state index contributed by atoms with van der Waals surface area (Å²) in [4.78, 5) is 29.2. The number of piperidine rings is 6. The highest BCUT2D eigenvalue weighted by molar-refractivity contribution is 6.69. The first-order valence-electron chi connectivity index (χ1n) is 27.5. The second-order valence-electron chi connectivity index (χ2n) is 21.3. The van der Waals surface area contributed by atoms with Gasteiger partial charge in [-0.3, -0.25) is 9.80 Å². The molecule has 0 aliphatic carbocycles. The zero-order valence-corrected chi connectivity index (χ0v) is 47.7. The van der Waals surface area contributed by atoms with Crippen molar-refractivity contribution in [3.8, 4) is 0 Å². The summed E-state index contributed by atoms with van der Waals surface area (Å²) in [6.45, 7) is 8.35. The molecule has 6 aromatic carbocycles. The Morgan fingerprint density at radius 1 is 0.524 bits per heavy atom. The molecule has 10 nitrogen and oxygen atoms in total. The van der Waals surface area contributed by atoms with Crippen LogP contribution in [0.3, 0.4) is 0 Å². The Labute approximate surface area is 493 Å². The van der Waals surface area contributed by atoms with Gasteiger partial charge in [0, 0.05) is 79.2 Å². The summed E-state index contributed by atoms with van der Waals surface area (Å²) in [5.41, 5.74) is 6.71. The SMILES string of the molecule is Fc1ccc(C2NCCc3ccccc32)c(F)c1.Fc1ccc([C@@H]2NCCc3ccccc32)c(F)c1.O=C(Cl)OC(Cl)(Cl)Cl.O=C(O[C@@H]1CN2CCC1CC2)N1CCc2ccccc2[C@@H]1c1ccc(F)cc1F.O[C@@H]1CN2CCC1CC2. The molecule has 9 aliphatic rings. The number of nitrogens with zero attached hydrogens (tertiary/aromatic N) is 3. The Bertz CT molecular complexity index is 3060. The first kappa shape index (κ1) is 61.2. The standard InChI is InChI=1S/C23H24F2N2O2.2C15H13F2N.C7H13NO.C2Cl4O2/c24-17-5-6-19(20(25)13-17)22-18-4-2-1-3-15(18)9-12-27(22)23(28)29-21-14-26-10-7-16(21)8-11-26;2*16-11-5-6-13(14(17)9-11)15-12-4-2-1-3-10(12)7-8-18-15;9-7-5-8-3-1-6(7)2-4-8;3-1(7)8-2(4,5)6/h1-6,13,16,21-22H,7-12,14H2;2*1-6,9,15,18H,7-8H2;6-7,9H,1-5H2;/t21-,22-;15-;;7-;/m11.1./s1. The first-order valence-corrected chi connectivity index (χ1v) is 29.0. The summed E-state index contributed by atoms with van der Waals surface area (Å²) in [6, 6.07) is 33.8. The molecule has 9 aliphatic heterocycles. The van der Waals surface area contributed by atoms with Crippen LogP contribution < -0.4 is 10.6 Å². The van der Waals surface area contributed by atoms with Crippen molar-refractivity contribution >= 4 is 57.9 Å². The van der Waals surface area contributed by atoms with Crippen molar-refractivity contribution in [3.63, 3.8) is 0 Å². The molecule has 1 unspecified atom stereocenters. The number of rotatable bonds is 4. The number of carbonyl (C=O) groups is 2. The summed E-state index contributed by atoms with van der Waals surface area (Å²) >= 11 is 19.4. The minimum atomic E-state index is -2.04. The van der Waals surface area contributed by atoms with Crippen LogP contribution in [-0.2, 0) is 28.7 Å². The van der Waals surface area contributed by atoms with E-state index in [1.165, 1.54) is 73.5 Å². The molecule has 0 spiro atoms. The Kier molecular flexibility index (Phi) is 20.9. The van der Waals surface area contributed by atoms with E-state index in [4.69, 9.17) is 39.5 Å². The van der Waals surface area contributed by atoms with Crippen LogP contribution in [0.5, 0.6) is 0 Å². The molecule has 0 aromatic heterocycles. The van der Waals surface area contributed by atoms with E-state index in [0.29, 0.717) is 41.5 Å². The van der Waals surface area contributed by atoms with Gasteiger partial charge in [-0.15, -0.1) is 0 Å². The summed E-state index contributed by atoms with van der Waals surface area (Å²) in [5.74, 6) is -2.31. The lowest BCUT2D eigenvalue weighted by molar-refractivity contribution is -0.0463. The number of fused-ring (bicyclic) bond motifs is 9. The van der Waals surface area contributed by atoms with E-state index < -0.39 is 56.4 Å². The van der Waals surface area contributed by atoms with Gasteiger partial charge in [0.1, 0.15) is 41.0 Å².